The van der Waals surface area contributed by atoms with E-state index in [1.807, 2.05) is 0 Å². The van der Waals surface area contributed by atoms with E-state index in [2.05, 4.69) is 5.32 Å². The maximum absolute atomic E-state index is 11.9. The van der Waals surface area contributed by atoms with Crippen LogP contribution in [0.1, 0.15) is 51.4 Å². The van der Waals surface area contributed by atoms with Gasteiger partial charge in [-0.3, -0.25) is 4.79 Å². The molecule has 0 heterocycles. The lowest BCUT2D eigenvalue weighted by Gasteiger charge is -2.23. The number of ether oxygens (including phenoxy) is 1. The minimum Gasteiger partial charge on any atom is -0.381 e. The molecule has 0 aromatic heterocycles. The minimum absolute atomic E-state index is 0.121. The van der Waals surface area contributed by atoms with E-state index in [0.29, 0.717) is 12.5 Å². The van der Waals surface area contributed by atoms with Crippen molar-refractivity contribution in [3.63, 3.8) is 0 Å². The van der Waals surface area contributed by atoms with Crippen LogP contribution in [0.4, 0.5) is 0 Å². The number of carbonyl (C=O) groups is 1. The van der Waals surface area contributed by atoms with Crippen molar-refractivity contribution in [1.82, 2.24) is 5.32 Å². The van der Waals surface area contributed by atoms with Gasteiger partial charge in [0, 0.05) is 25.1 Å². The van der Waals surface area contributed by atoms with Gasteiger partial charge in [0.25, 0.3) is 0 Å². The quantitative estimate of drug-likeness (QED) is 0.779. The summed E-state index contributed by atoms with van der Waals surface area (Å²) in [7, 11) is 1.74. The third kappa shape index (κ3) is 3.42. The van der Waals surface area contributed by atoms with Gasteiger partial charge < -0.3 is 15.8 Å². The van der Waals surface area contributed by atoms with Crippen molar-refractivity contribution < 1.29 is 9.53 Å². The van der Waals surface area contributed by atoms with Crippen LogP contribution in [0.3, 0.4) is 0 Å². The van der Waals surface area contributed by atoms with Gasteiger partial charge in [0.1, 0.15) is 0 Å². The molecule has 0 radical (unpaired) electrons. The molecule has 2 aliphatic rings. The molecule has 0 saturated heterocycles. The van der Waals surface area contributed by atoms with Crippen LogP contribution >= 0.6 is 0 Å². The first kappa shape index (κ1) is 12.8. The topological polar surface area (TPSA) is 64.3 Å². The van der Waals surface area contributed by atoms with Gasteiger partial charge in [-0.15, -0.1) is 0 Å². The van der Waals surface area contributed by atoms with Gasteiger partial charge >= 0.3 is 0 Å². The Morgan fingerprint density at radius 3 is 2.71 bits per heavy atom. The van der Waals surface area contributed by atoms with Crippen LogP contribution < -0.4 is 11.1 Å². The Balaban J connectivity index is 1.74. The highest BCUT2D eigenvalue weighted by Gasteiger charge is 2.33. The highest BCUT2D eigenvalue weighted by molar-refractivity contribution is 5.77. The zero-order valence-electron chi connectivity index (χ0n) is 10.7. The van der Waals surface area contributed by atoms with Crippen LogP contribution in [-0.4, -0.2) is 30.7 Å². The molecule has 2 unspecified atom stereocenters. The molecule has 2 rings (SSSR count). The molecular weight excluding hydrogens is 216 g/mol. The van der Waals surface area contributed by atoms with E-state index >= 15 is 0 Å². The number of methoxy groups -OCH3 is 1. The normalized spacial score (nSPS) is 31.6. The maximum atomic E-state index is 11.9. The lowest BCUT2D eigenvalue weighted by atomic mass is 9.94. The average molecular weight is 240 g/mol. The van der Waals surface area contributed by atoms with Gasteiger partial charge in [0.15, 0.2) is 0 Å². The molecule has 3 N–H and O–H groups in total. The van der Waals surface area contributed by atoms with Gasteiger partial charge in [-0.25, -0.2) is 0 Å². The summed E-state index contributed by atoms with van der Waals surface area (Å²) in [6.07, 6.45) is 8.15. The molecule has 2 fully saturated rings. The average Bonchev–Trinajstić information content (AvgIpc) is 2.87. The van der Waals surface area contributed by atoms with Crippen LogP contribution in [-0.2, 0) is 9.53 Å². The molecule has 4 nitrogen and oxygen atoms in total. The Morgan fingerprint density at radius 1 is 1.41 bits per heavy atom. The van der Waals surface area contributed by atoms with E-state index in [0.717, 1.165) is 32.1 Å². The Hall–Kier alpha value is -0.610. The van der Waals surface area contributed by atoms with Crippen LogP contribution in [0.15, 0.2) is 0 Å². The highest BCUT2D eigenvalue weighted by atomic mass is 16.5. The lowest BCUT2D eigenvalue weighted by molar-refractivity contribution is -0.122. The summed E-state index contributed by atoms with van der Waals surface area (Å²) in [5.74, 6) is 0.121. The van der Waals surface area contributed by atoms with Crippen molar-refractivity contribution in [3.8, 4) is 0 Å². The van der Waals surface area contributed by atoms with Crippen molar-refractivity contribution in [3.05, 3.63) is 0 Å². The second kappa shape index (κ2) is 5.36. The van der Waals surface area contributed by atoms with Gasteiger partial charge in [0.05, 0.1) is 6.10 Å². The highest BCUT2D eigenvalue weighted by Crippen LogP contribution is 2.30. The van der Waals surface area contributed by atoms with E-state index in [1.165, 1.54) is 12.8 Å². The van der Waals surface area contributed by atoms with Gasteiger partial charge in [-0.05, 0) is 32.1 Å². The van der Waals surface area contributed by atoms with E-state index in [1.54, 1.807) is 7.11 Å². The second-order valence-corrected chi connectivity index (χ2v) is 5.68. The van der Waals surface area contributed by atoms with Crippen LogP contribution in [0.5, 0.6) is 0 Å². The van der Waals surface area contributed by atoms with E-state index in [9.17, 15) is 4.79 Å². The molecule has 2 atom stereocenters. The van der Waals surface area contributed by atoms with E-state index in [4.69, 9.17) is 10.5 Å². The number of carbonyl (C=O) groups excluding carboxylic acids is 1. The number of hydrogen-bond acceptors (Lipinski definition) is 3. The Bertz CT molecular complexity index is 275. The summed E-state index contributed by atoms with van der Waals surface area (Å²) in [5, 5.41) is 3.10. The molecule has 17 heavy (non-hydrogen) atoms. The number of nitrogens with two attached hydrogens (primary N) is 1. The lowest BCUT2D eigenvalue weighted by Crippen LogP contribution is -2.44. The monoisotopic (exact) mass is 240 g/mol. The van der Waals surface area contributed by atoms with Crippen LogP contribution in [0.2, 0.25) is 0 Å². The van der Waals surface area contributed by atoms with Gasteiger partial charge in [-0.1, -0.05) is 12.8 Å². The standard InChI is InChI=1S/C13H24N2O2/c1-17-11-5-4-10(8-11)15-12(16)9-13(14)6-2-3-7-13/h10-11H,2-9,14H2,1H3,(H,15,16). The summed E-state index contributed by atoms with van der Waals surface area (Å²) in [5.41, 5.74) is 5.97. The fourth-order valence-electron chi connectivity index (χ4n) is 3.14. The van der Waals surface area contributed by atoms with Crippen molar-refractivity contribution in [2.24, 2.45) is 5.73 Å². The molecule has 1 amide bonds. The zero-order valence-corrected chi connectivity index (χ0v) is 10.7. The SMILES string of the molecule is COC1CCC(NC(=O)CC2(N)CCCC2)C1. The van der Waals surface area contributed by atoms with Crippen molar-refractivity contribution >= 4 is 5.91 Å². The van der Waals surface area contributed by atoms with Crippen LogP contribution in [0.25, 0.3) is 0 Å². The summed E-state index contributed by atoms with van der Waals surface area (Å²) in [6, 6.07) is 0.289. The number of hydrogen-bond donors (Lipinski definition) is 2. The molecule has 98 valence electrons. The van der Waals surface area contributed by atoms with Crippen molar-refractivity contribution in [1.29, 1.82) is 0 Å². The fraction of sp³-hybridized carbons (Fsp3) is 0.923. The minimum atomic E-state index is -0.233. The third-order valence-electron chi connectivity index (χ3n) is 4.19. The smallest absolute Gasteiger partial charge is 0.222 e. The summed E-state index contributed by atoms with van der Waals surface area (Å²) in [6.45, 7) is 0. The van der Waals surface area contributed by atoms with E-state index < -0.39 is 0 Å². The predicted octanol–water partition coefficient (Wildman–Crippen LogP) is 1.33. The summed E-state index contributed by atoms with van der Waals surface area (Å²) >= 11 is 0. The maximum Gasteiger partial charge on any atom is 0.222 e. The third-order valence-corrected chi connectivity index (χ3v) is 4.19. The van der Waals surface area contributed by atoms with Crippen molar-refractivity contribution in [2.45, 2.75) is 69.1 Å². The number of nitrogens with one attached hydrogen (secondary N) is 1. The van der Waals surface area contributed by atoms with Crippen LogP contribution in [0, 0.1) is 0 Å². The first-order chi connectivity index (χ1) is 8.11. The van der Waals surface area contributed by atoms with E-state index in [-0.39, 0.29) is 17.5 Å². The number of rotatable bonds is 4. The number of amides is 1. The molecule has 2 saturated carbocycles. The molecule has 0 bridgehead atoms. The first-order valence-corrected chi connectivity index (χ1v) is 6.72. The molecule has 0 spiro atoms. The summed E-state index contributed by atoms with van der Waals surface area (Å²) in [4.78, 5) is 11.9. The predicted molar refractivity (Wildman–Crippen MR) is 66.6 cm³/mol. The molecule has 0 aromatic rings. The molecule has 0 aromatic carbocycles. The molecular formula is C13H24N2O2. The molecule has 2 aliphatic carbocycles. The Labute approximate surface area is 103 Å². The van der Waals surface area contributed by atoms with Gasteiger partial charge in [0.2, 0.25) is 5.91 Å². The Morgan fingerprint density at radius 2 is 2.12 bits per heavy atom. The van der Waals surface area contributed by atoms with Gasteiger partial charge in [-0.2, -0.15) is 0 Å². The fourth-order valence-corrected chi connectivity index (χ4v) is 3.14. The van der Waals surface area contributed by atoms with Crippen molar-refractivity contribution in [2.75, 3.05) is 7.11 Å². The zero-order chi connectivity index (χ0) is 12.3. The first-order valence-electron chi connectivity index (χ1n) is 6.72. The largest absolute Gasteiger partial charge is 0.381 e. The second-order valence-electron chi connectivity index (χ2n) is 5.68. The Kier molecular flexibility index (Phi) is 4.05. The molecule has 4 heteroatoms. The molecule has 0 aliphatic heterocycles. The summed E-state index contributed by atoms with van der Waals surface area (Å²) < 4.78 is 5.30.